The summed E-state index contributed by atoms with van der Waals surface area (Å²) in [7, 11) is 0. The van der Waals surface area contributed by atoms with E-state index in [9.17, 15) is 4.79 Å². The molecule has 0 aliphatic rings. The van der Waals surface area contributed by atoms with Gasteiger partial charge in [-0.15, -0.1) is 0 Å². The number of aromatic nitrogens is 1. The molecule has 0 spiro atoms. The fraction of sp³-hybridized carbons (Fsp3) is 0.200. The third-order valence-electron chi connectivity index (χ3n) is 3.89. The van der Waals surface area contributed by atoms with Gasteiger partial charge in [-0.25, -0.2) is 4.98 Å². The maximum absolute atomic E-state index is 12.1. The standard InChI is InChI=1S/C20H18ClNO2S/c1-13-11-19(22-18-10-6-4-7-15(13)18)25-12-20(23)24-14(2)16-8-3-5-9-17(16)21/h3-11,14H,12H2,1-2H3/t14-/m1/s1. The van der Waals surface area contributed by atoms with Crippen LogP contribution in [0.5, 0.6) is 0 Å². The number of para-hydroxylation sites is 1. The van der Waals surface area contributed by atoms with Gasteiger partial charge in [0.1, 0.15) is 6.10 Å². The number of halogens is 1. The number of aryl methyl sites for hydroxylation is 1. The number of fused-ring (bicyclic) bond motifs is 1. The van der Waals surface area contributed by atoms with E-state index in [1.54, 1.807) is 6.07 Å². The number of carbonyl (C=O) groups excluding carboxylic acids is 1. The third-order valence-corrected chi connectivity index (χ3v) is 5.12. The molecule has 1 aromatic heterocycles. The van der Waals surface area contributed by atoms with Gasteiger partial charge in [-0.3, -0.25) is 4.79 Å². The SMILES string of the molecule is Cc1cc(SCC(=O)O[C@H](C)c2ccccc2Cl)nc2ccccc12. The zero-order valence-corrected chi connectivity index (χ0v) is 15.6. The Bertz CT molecular complexity index is 913. The van der Waals surface area contributed by atoms with Crippen molar-refractivity contribution in [2.24, 2.45) is 0 Å². The predicted molar refractivity (Wildman–Crippen MR) is 103 cm³/mol. The summed E-state index contributed by atoms with van der Waals surface area (Å²) in [6, 6.07) is 17.4. The Morgan fingerprint density at radius 1 is 1.20 bits per heavy atom. The van der Waals surface area contributed by atoms with Crippen LogP contribution >= 0.6 is 23.4 Å². The second-order valence-electron chi connectivity index (χ2n) is 5.74. The van der Waals surface area contributed by atoms with Crippen LogP contribution in [0, 0.1) is 6.92 Å². The van der Waals surface area contributed by atoms with E-state index >= 15 is 0 Å². The van der Waals surface area contributed by atoms with Gasteiger partial charge in [0.2, 0.25) is 0 Å². The van der Waals surface area contributed by atoms with Crippen molar-refractivity contribution >= 4 is 40.2 Å². The highest BCUT2D eigenvalue weighted by Crippen LogP contribution is 2.27. The maximum atomic E-state index is 12.1. The first-order valence-electron chi connectivity index (χ1n) is 7.97. The molecule has 3 rings (SSSR count). The molecular formula is C20H18ClNO2S. The van der Waals surface area contributed by atoms with Crippen LogP contribution in [0.2, 0.25) is 5.02 Å². The summed E-state index contributed by atoms with van der Waals surface area (Å²) in [5.41, 5.74) is 2.89. The third kappa shape index (κ3) is 4.33. The van der Waals surface area contributed by atoms with Crippen molar-refractivity contribution < 1.29 is 9.53 Å². The van der Waals surface area contributed by atoms with E-state index in [0.29, 0.717) is 5.02 Å². The number of thioether (sulfide) groups is 1. The lowest BCUT2D eigenvalue weighted by Crippen LogP contribution is -2.11. The summed E-state index contributed by atoms with van der Waals surface area (Å²) in [5, 5.41) is 2.54. The Kier molecular flexibility index (Phi) is 5.61. The number of hydrogen-bond acceptors (Lipinski definition) is 4. The minimum atomic E-state index is -0.381. The van der Waals surface area contributed by atoms with Crippen LogP contribution in [-0.4, -0.2) is 16.7 Å². The van der Waals surface area contributed by atoms with E-state index in [4.69, 9.17) is 16.3 Å². The minimum absolute atomic E-state index is 0.208. The van der Waals surface area contributed by atoms with Gasteiger partial charge in [-0.2, -0.15) is 0 Å². The molecule has 3 nitrogen and oxygen atoms in total. The molecule has 128 valence electrons. The van der Waals surface area contributed by atoms with Gasteiger partial charge in [-0.05, 0) is 37.6 Å². The topological polar surface area (TPSA) is 39.2 Å². The zero-order chi connectivity index (χ0) is 17.8. The molecule has 0 amide bonds. The van der Waals surface area contributed by atoms with Crippen LogP contribution in [0.15, 0.2) is 59.6 Å². The fourth-order valence-electron chi connectivity index (χ4n) is 2.62. The van der Waals surface area contributed by atoms with Crippen molar-refractivity contribution in [3.05, 3.63) is 70.7 Å². The first kappa shape index (κ1) is 17.8. The van der Waals surface area contributed by atoms with Crippen molar-refractivity contribution in [3.63, 3.8) is 0 Å². The molecule has 0 bridgehead atoms. The van der Waals surface area contributed by atoms with E-state index in [-0.39, 0.29) is 17.8 Å². The highest BCUT2D eigenvalue weighted by Gasteiger charge is 2.15. The molecule has 1 heterocycles. The predicted octanol–water partition coefficient (Wildman–Crippen LogP) is 5.59. The van der Waals surface area contributed by atoms with Gasteiger partial charge in [0.15, 0.2) is 0 Å². The average Bonchev–Trinajstić information content (AvgIpc) is 2.60. The molecule has 2 aromatic carbocycles. The van der Waals surface area contributed by atoms with Crippen LogP contribution in [0.3, 0.4) is 0 Å². The summed E-state index contributed by atoms with van der Waals surface area (Å²) in [5.74, 6) is -0.0791. The quantitative estimate of drug-likeness (QED) is 0.432. The molecule has 0 fully saturated rings. The highest BCUT2D eigenvalue weighted by atomic mass is 35.5. The van der Waals surface area contributed by atoms with Crippen LogP contribution in [0.1, 0.15) is 24.2 Å². The summed E-state index contributed by atoms with van der Waals surface area (Å²) in [4.78, 5) is 16.7. The number of esters is 1. The lowest BCUT2D eigenvalue weighted by Gasteiger charge is -2.14. The van der Waals surface area contributed by atoms with Gasteiger partial charge in [0.25, 0.3) is 0 Å². The van der Waals surface area contributed by atoms with Gasteiger partial charge >= 0.3 is 5.97 Å². The molecule has 0 saturated carbocycles. The van der Waals surface area contributed by atoms with Crippen LogP contribution < -0.4 is 0 Å². The van der Waals surface area contributed by atoms with Gasteiger partial charge in [0, 0.05) is 16.0 Å². The number of ether oxygens (including phenoxy) is 1. The Balaban J connectivity index is 1.63. The van der Waals surface area contributed by atoms with Gasteiger partial charge < -0.3 is 4.74 Å². The van der Waals surface area contributed by atoms with Crippen LogP contribution in [-0.2, 0) is 9.53 Å². The van der Waals surface area contributed by atoms with E-state index in [2.05, 4.69) is 4.98 Å². The molecule has 0 aliphatic heterocycles. The summed E-state index contributed by atoms with van der Waals surface area (Å²) in [6.07, 6.45) is -0.381. The number of hydrogen-bond donors (Lipinski definition) is 0. The Morgan fingerprint density at radius 3 is 2.72 bits per heavy atom. The monoisotopic (exact) mass is 371 g/mol. The fourth-order valence-corrected chi connectivity index (χ4v) is 3.67. The van der Waals surface area contributed by atoms with Crippen LogP contribution in [0.4, 0.5) is 0 Å². The zero-order valence-electron chi connectivity index (χ0n) is 14.0. The van der Waals surface area contributed by atoms with Gasteiger partial charge in [0.05, 0.1) is 16.3 Å². The molecule has 0 N–H and O–H groups in total. The Morgan fingerprint density at radius 2 is 1.92 bits per heavy atom. The molecule has 1 atom stereocenters. The molecule has 0 unspecified atom stereocenters. The smallest absolute Gasteiger partial charge is 0.316 e. The number of rotatable bonds is 5. The van der Waals surface area contributed by atoms with E-state index in [0.717, 1.165) is 27.1 Å². The van der Waals surface area contributed by atoms with Crippen molar-refractivity contribution in [2.45, 2.75) is 25.0 Å². The van der Waals surface area contributed by atoms with Crippen molar-refractivity contribution in [1.82, 2.24) is 4.98 Å². The average molecular weight is 372 g/mol. The van der Waals surface area contributed by atoms with Crippen LogP contribution in [0.25, 0.3) is 10.9 Å². The van der Waals surface area contributed by atoms with E-state index in [1.165, 1.54) is 11.8 Å². The second-order valence-corrected chi connectivity index (χ2v) is 7.14. The Labute approximate surface area is 156 Å². The second kappa shape index (κ2) is 7.89. The maximum Gasteiger partial charge on any atom is 0.316 e. The van der Waals surface area contributed by atoms with E-state index < -0.39 is 0 Å². The first-order valence-corrected chi connectivity index (χ1v) is 9.34. The number of benzene rings is 2. The number of carbonyl (C=O) groups is 1. The lowest BCUT2D eigenvalue weighted by molar-refractivity contribution is -0.145. The molecule has 25 heavy (non-hydrogen) atoms. The summed E-state index contributed by atoms with van der Waals surface area (Å²) >= 11 is 7.52. The molecular weight excluding hydrogens is 354 g/mol. The molecule has 0 saturated heterocycles. The summed E-state index contributed by atoms with van der Waals surface area (Å²) in [6.45, 7) is 3.87. The lowest BCUT2D eigenvalue weighted by atomic mass is 10.1. The highest BCUT2D eigenvalue weighted by molar-refractivity contribution is 7.99. The minimum Gasteiger partial charge on any atom is -0.457 e. The van der Waals surface area contributed by atoms with Crippen molar-refractivity contribution in [3.8, 4) is 0 Å². The van der Waals surface area contributed by atoms with E-state index in [1.807, 2.05) is 62.4 Å². The molecule has 3 aromatic rings. The van der Waals surface area contributed by atoms with Gasteiger partial charge in [-0.1, -0.05) is 59.8 Å². The largest absolute Gasteiger partial charge is 0.457 e. The van der Waals surface area contributed by atoms with Crippen molar-refractivity contribution in [1.29, 1.82) is 0 Å². The summed E-state index contributed by atoms with van der Waals surface area (Å²) < 4.78 is 5.48. The normalized spacial score (nSPS) is 12.1. The molecule has 0 radical (unpaired) electrons. The Hall–Kier alpha value is -2.04. The number of nitrogens with zero attached hydrogens (tertiary/aromatic N) is 1. The van der Waals surface area contributed by atoms with Crippen molar-refractivity contribution in [2.75, 3.05) is 5.75 Å². The number of pyridine rings is 1. The molecule has 0 aliphatic carbocycles. The molecule has 5 heteroatoms. The first-order chi connectivity index (χ1) is 12.0.